The number of terminal acetylenes is 1. The maximum absolute atomic E-state index is 13.8. The SMILES string of the molecule is C#CCOc1ccc(/C=C2/NC(=O)N(Cc3ccccc3F)C2=O)cc1Br. The first-order valence-corrected chi connectivity index (χ1v) is 8.72. The molecule has 2 aromatic rings. The van der Waals surface area contributed by atoms with Crippen LogP contribution in [0.3, 0.4) is 0 Å². The molecule has 0 atom stereocenters. The van der Waals surface area contributed by atoms with E-state index in [1.807, 2.05) is 0 Å². The summed E-state index contributed by atoms with van der Waals surface area (Å²) in [7, 11) is 0. The zero-order valence-corrected chi connectivity index (χ0v) is 15.6. The Kier molecular flexibility index (Phi) is 5.57. The van der Waals surface area contributed by atoms with Gasteiger partial charge >= 0.3 is 6.03 Å². The molecular weight excluding hydrogens is 415 g/mol. The van der Waals surface area contributed by atoms with E-state index in [9.17, 15) is 14.0 Å². The average Bonchev–Trinajstić information content (AvgIpc) is 2.90. The van der Waals surface area contributed by atoms with Crippen molar-refractivity contribution in [3.05, 3.63) is 69.6 Å². The predicted molar refractivity (Wildman–Crippen MR) is 102 cm³/mol. The number of urea groups is 1. The molecule has 0 saturated carbocycles. The molecule has 136 valence electrons. The van der Waals surface area contributed by atoms with Crippen molar-refractivity contribution in [2.45, 2.75) is 6.54 Å². The molecule has 7 heteroatoms. The van der Waals surface area contributed by atoms with Gasteiger partial charge in [-0.25, -0.2) is 9.18 Å². The van der Waals surface area contributed by atoms with Gasteiger partial charge in [-0.3, -0.25) is 9.69 Å². The van der Waals surface area contributed by atoms with E-state index in [1.54, 1.807) is 30.3 Å². The first-order chi connectivity index (χ1) is 13.0. The Morgan fingerprint density at radius 2 is 2.04 bits per heavy atom. The monoisotopic (exact) mass is 428 g/mol. The van der Waals surface area contributed by atoms with Crippen LogP contribution in [-0.2, 0) is 11.3 Å². The quantitative estimate of drug-likeness (QED) is 0.448. The molecule has 5 nitrogen and oxygen atoms in total. The van der Waals surface area contributed by atoms with Crippen LogP contribution in [0.1, 0.15) is 11.1 Å². The molecule has 3 rings (SSSR count). The summed E-state index contributed by atoms with van der Waals surface area (Å²) in [5.74, 6) is 1.95. The zero-order valence-electron chi connectivity index (χ0n) is 14.0. The zero-order chi connectivity index (χ0) is 19.4. The van der Waals surface area contributed by atoms with E-state index in [0.717, 1.165) is 4.90 Å². The van der Waals surface area contributed by atoms with Crippen LogP contribution in [0.5, 0.6) is 5.75 Å². The summed E-state index contributed by atoms with van der Waals surface area (Å²) in [5, 5.41) is 2.51. The van der Waals surface area contributed by atoms with Crippen molar-refractivity contribution in [3.63, 3.8) is 0 Å². The highest BCUT2D eigenvalue weighted by Gasteiger charge is 2.33. The minimum atomic E-state index is -0.595. The number of hydrogen-bond donors (Lipinski definition) is 1. The number of nitrogens with zero attached hydrogens (tertiary/aromatic N) is 1. The van der Waals surface area contributed by atoms with Crippen LogP contribution >= 0.6 is 15.9 Å². The topological polar surface area (TPSA) is 58.6 Å². The summed E-state index contributed by atoms with van der Waals surface area (Å²) in [6.45, 7) is -0.00414. The van der Waals surface area contributed by atoms with Crippen molar-refractivity contribution in [2.24, 2.45) is 0 Å². The molecule has 1 aliphatic heterocycles. The fourth-order valence-electron chi connectivity index (χ4n) is 2.52. The normalized spacial score (nSPS) is 15.0. The first kappa shape index (κ1) is 18.7. The lowest BCUT2D eigenvalue weighted by molar-refractivity contribution is -0.123. The largest absolute Gasteiger partial charge is 0.480 e. The number of carbonyl (C=O) groups is 2. The van der Waals surface area contributed by atoms with Crippen LogP contribution in [-0.4, -0.2) is 23.4 Å². The molecule has 1 aliphatic rings. The smallest absolute Gasteiger partial charge is 0.329 e. The summed E-state index contributed by atoms with van der Waals surface area (Å²) in [6.07, 6.45) is 6.70. The fraction of sp³-hybridized carbons (Fsp3) is 0.100. The third-order valence-corrected chi connectivity index (χ3v) is 4.45. The lowest BCUT2D eigenvalue weighted by Crippen LogP contribution is -2.30. The highest BCUT2D eigenvalue weighted by molar-refractivity contribution is 9.10. The van der Waals surface area contributed by atoms with Crippen LogP contribution in [0.25, 0.3) is 6.08 Å². The minimum Gasteiger partial charge on any atom is -0.480 e. The van der Waals surface area contributed by atoms with Gasteiger partial charge in [0.05, 0.1) is 11.0 Å². The van der Waals surface area contributed by atoms with Crippen molar-refractivity contribution in [3.8, 4) is 18.1 Å². The van der Waals surface area contributed by atoms with E-state index < -0.39 is 17.8 Å². The lowest BCUT2D eigenvalue weighted by Gasteiger charge is -2.12. The number of halogens is 2. The lowest BCUT2D eigenvalue weighted by atomic mass is 10.1. The summed E-state index contributed by atoms with van der Waals surface area (Å²) >= 11 is 3.37. The van der Waals surface area contributed by atoms with Crippen LogP contribution in [0.4, 0.5) is 9.18 Å². The van der Waals surface area contributed by atoms with Crippen LogP contribution < -0.4 is 10.1 Å². The number of rotatable bonds is 5. The molecule has 3 amide bonds. The Hall–Kier alpha value is -3.11. The summed E-state index contributed by atoms with van der Waals surface area (Å²) in [5.41, 5.74) is 1.05. The number of ether oxygens (including phenoxy) is 1. The van der Waals surface area contributed by atoms with Gasteiger partial charge in [-0.2, -0.15) is 0 Å². The number of nitrogens with one attached hydrogen (secondary N) is 1. The second-order valence-corrected chi connectivity index (χ2v) is 6.51. The van der Waals surface area contributed by atoms with Gasteiger partial charge in [0.1, 0.15) is 23.9 Å². The van der Waals surface area contributed by atoms with Crippen molar-refractivity contribution >= 4 is 33.9 Å². The van der Waals surface area contributed by atoms with E-state index in [-0.39, 0.29) is 24.4 Å². The molecule has 1 fully saturated rings. The molecule has 0 aromatic heterocycles. The second-order valence-electron chi connectivity index (χ2n) is 5.65. The molecule has 0 radical (unpaired) electrons. The summed E-state index contributed by atoms with van der Waals surface area (Å²) in [6, 6.07) is 10.6. The third-order valence-electron chi connectivity index (χ3n) is 3.83. The van der Waals surface area contributed by atoms with E-state index >= 15 is 0 Å². The molecule has 0 aliphatic carbocycles. The van der Waals surface area contributed by atoms with Crippen molar-refractivity contribution in [1.82, 2.24) is 10.2 Å². The standard InChI is InChI=1S/C20H14BrFN2O3/c1-2-9-27-18-8-7-13(10-15(18)21)11-17-19(25)24(20(26)23-17)12-14-5-3-4-6-16(14)22/h1,3-8,10-11H,9,12H2,(H,23,26)/b17-11+. The van der Waals surface area contributed by atoms with E-state index in [2.05, 4.69) is 27.2 Å². The maximum Gasteiger partial charge on any atom is 0.329 e. The molecule has 1 N–H and O–H groups in total. The molecule has 2 aromatic carbocycles. The molecule has 27 heavy (non-hydrogen) atoms. The number of amides is 3. The Labute approximate surface area is 163 Å². The Morgan fingerprint density at radius 1 is 1.26 bits per heavy atom. The van der Waals surface area contributed by atoms with Crippen molar-refractivity contribution in [2.75, 3.05) is 6.61 Å². The molecule has 0 spiro atoms. The molecular formula is C20H14BrFN2O3. The van der Waals surface area contributed by atoms with Gasteiger partial charge in [-0.1, -0.05) is 30.2 Å². The Morgan fingerprint density at radius 3 is 2.74 bits per heavy atom. The molecule has 0 bridgehead atoms. The predicted octanol–water partition coefficient (Wildman–Crippen LogP) is 3.69. The molecule has 1 saturated heterocycles. The maximum atomic E-state index is 13.8. The Balaban J connectivity index is 1.79. The number of benzene rings is 2. The van der Waals surface area contributed by atoms with Crippen LogP contribution in [0.2, 0.25) is 0 Å². The van der Waals surface area contributed by atoms with Gasteiger partial charge < -0.3 is 10.1 Å². The van der Waals surface area contributed by atoms with Crippen molar-refractivity contribution in [1.29, 1.82) is 0 Å². The van der Waals surface area contributed by atoms with Crippen LogP contribution in [0.15, 0.2) is 52.6 Å². The highest BCUT2D eigenvalue weighted by atomic mass is 79.9. The summed E-state index contributed by atoms with van der Waals surface area (Å²) < 4.78 is 19.8. The average molecular weight is 429 g/mol. The number of imide groups is 1. The van der Waals surface area contributed by atoms with E-state index in [0.29, 0.717) is 15.8 Å². The van der Waals surface area contributed by atoms with E-state index in [4.69, 9.17) is 11.2 Å². The minimum absolute atomic E-state index is 0.112. The summed E-state index contributed by atoms with van der Waals surface area (Å²) in [4.78, 5) is 25.6. The number of hydrogen-bond acceptors (Lipinski definition) is 3. The highest BCUT2D eigenvalue weighted by Crippen LogP contribution is 2.27. The van der Waals surface area contributed by atoms with Gasteiger partial charge in [0.25, 0.3) is 5.91 Å². The fourth-order valence-corrected chi connectivity index (χ4v) is 3.03. The van der Waals surface area contributed by atoms with Gasteiger partial charge in [-0.05, 0) is 45.8 Å². The van der Waals surface area contributed by atoms with Gasteiger partial charge in [0, 0.05) is 5.56 Å². The van der Waals surface area contributed by atoms with Gasteiger partial charge in [-0.15, -0.1) is 6.42 Å². The third kappa shape index (κ3) is 4.18. The first-order valence-electron chi connectivity index (χ1n) is 7.93. The van der Waals surface area contributed by atoms with Crippen molar-refractivity contribution < 1.29 is 18.7 Å². The molecule has 1 heterocycles. The Bertz CT molecular complexity index is 981. The van der Waals surface area contributed by atoms with E-state index in [1.165, 1.54) is 18.2 Å². The number of carbonyl (C=O) groups excluding carboxylic acids is 2. The second kappa shape index (κ2) is 8.06. The molecule has 0 unspecified atom stereocenters. The van der Waals surface area contributed by atoms with Gasteiger partial charge in [0.2, 0.25) is 0 Å². The van der Waals surface area contributed by atoms with Gasteiger partial charge in [0.15, 0.2) is 0 Å². The van der Waals surface area contributed by atoms with Crippen LogP contribution in [0, 0.1) is 18.2 Å².